The minimum Gasteiger partial charge on any atom is -0.467 e. The highest BCUT2D eigenvalue weighted by Gasteiger charge is 2.32. The van der Waals surface area contributed by atoms with E-state index in [1.165, 1.54) is 30.2 Å². The maximum absolute atomic E-state index is 12.9. The molecule has 1 amide bonds. The number of rotatable bonds is 7. The van der Waals surface area contributed by atoms with Crippen molar-refractivity contribution in [3.8, 4) is 5.75 Å². The fraction of sp³-hybridized carbons (Fsp3) is 0.190. The van der Waals surface area contributed by atoms with E-state index in [2.05, 4.69) is 0 Å². The first-order valence-corrected chi connectivity index (χ1v) is 10.4. The Balaban J connectivity index is 1.87. The summed E-state index contributed by atoms with van der Waals surface area (Å²) in [6, 6.07) is 12.7. The molecule has 0 N–H and O–H groups in total. The number of hydrogen-bond acceptors (Lipinski definition) is 5. The van der Waals surface area contributed by atoms with Crippen LogP contribution in [0, 0.1) is 0 Å². The van der Waals surface area contributed by atoms with Gasteiger partial charge in [-0.05, 0) is 36.4 Å². The van der Waals surface area contributed by atoms with Gasteiger partial charge in [-0.25, -0.2) is 0 Å². The van der Waals surface area contributed by atoms with Crippen LogP contribution in [-0.2, 0) is 34.2 Å². The zero-order valence-electron chi connectivity index (χ0n) is 16.3. The molecule has 10 heteroatoms. The van der Waals surface area contributed by atoms with Crippen molar-refractivity contribution in [3.05, 3.63) is 83.8 Å². The van der Waals surface area contributed by atoms with Crippen LogP contribution in [0.4, 0.5) is 13.2 Å². The average molecular weight is 453 g/mol. The van der Waals surface area contributed by atoms with Gasteiger partial charge in [0.25, 0.3) is 0 Å². The summed E-state index contributed by atoms with van der Waals surface area (Å²) >= 11 is 0. The molecule has 0 aliphatic heterocycles. The molecule has 31 heavy (non-hydrogen) atoms. The molecule has 0 bridgehead atoms. The molecule has 0 spiro atoms. The summed E-state index contributed by atoms with van der Waals surface area (Å²) in [5, 5.41) is 0. The van der Waals surface area contributed by atoms with Crippen LogP contribution in [0.5, 0.6) is 5.75 Å². The summed E-state index contributed by atoms with van der Waals surface area (Å²) in [7, 11) is -4.55. The van der Waals surface area contributed by atoms with Crippen LogP contribution in [0.2, 0.25) is 0 Å². The Kier molecular flexibility index (Phi) is 6.40. The van der Waals surface area contributed by atoms with Gasteiger partial charge in [0.05, 0.1) is 18.4 Å². The molecule has 0 aliphatic rings. The molecule has 1 heterocycles. The van der Waals surface area contributed by atoms with Crippen molar-refractivity contribution >= 4 is 16.0 Å². The lowest BCUT2D eigenvalue weighted by atomic mass is 10.2. The summed E-state index contributed by atoms with van der Waals surface area (Å²) < 4.78 is 74.5. The molecule has 0 unspecified atom stereocenters. The van der Waals surface area contributed by atoms with Gasteiger partial charge in [-0.1, -0.05) is 24.3 Å². The second kappa shape index (κ2) is 8.84. The Morgan fingerprint density at radius 3 is 2.42 bits per heavy atom. The molecular formula is C21H18F3NO5S. The highest BCUT2D eigenvalue weighted by Crippen LogP contribution is 2.31. The topological polar surface area (TPSA) is 76.8 Å². The largest absolute Gasteiger partial charge is 0.467 e. The van der Waals surface area contributed by atoms with E-state index in [0.29, 0.717) is 17.4 Å². The van der Waals surface area contributed by atoms with Crippen molar-refractivity contribution in [2.75, 3.05) is 0 Å². The van der Waals surface area contributed by atoms with Gasteiger partial charge in [0, 0.05) is 19.0 Å². The van der Waals surface area contributed by atoms with Crippen LogP contribution in [0.3, 0.4) is 0 Å². The van der Waals surface area contributed by atoms with E-state index in [1.54, 1.807) is 24.3 Å². The predicted octanol–water partition coefficient (Wildman–Crippen LogP) is 4.61. The Morgan fingerprint density at radius 2 is 1.77 bits per heavy atom. The smallest absolute Gasteiger partial charge is 0.416 e. The maximum atomic E-state index is 12.9. The van der Waals surface area contributed by atoms with Crippen LogP contribution in [-0.4, -0.2) is 19.2 Å². The summed E-state index contributed by atoms with van der Waals surface area (Å²) in [4.78, 5) is 12.8. The van der Waals surface area contributed by atoms with Gasteiger partial charge < -0.3 is 13.5 Å². The van der Waals surface area contributed by atoms with Gasteiger partial charge in [0.15, 0.2) is 0 Å². The van der Waals surface area contributed by atoms with E-state index < -0.39 is 26.8 Å². The highest BCUT2D eigenvalue weighted by molar-refractivity contribution is 7.87. The SMILES string of the molecule is CC(=O)N(Cc1ccco1)Cc1ccccc1OS(=O)(=O)c1cccc(C(F)(F)F)c1. The highest BCUT2D eigenvalue weighted by atomic mass is 32.2. The van der Waals surface area contributed by atoms with Gasteiger partial charge in [0.2, 0.25) is 5.91 Å². The second-order valence-electron chi connectivity index (χ2n) is 6.63. The molecule has 0 saturated carbocycles. The fourth-order valence-electron chi connectivity index (χ4n) is 2.78. The number of nitrogens with zero attached hydrogens (tertiary/aromatic N) is 1. The summed E-state index contributed by atoms with van der Waals surface area (Å²) in [5.41, 5.74) is -0.744. The molecule has 0 fully saturated rings. The molecule has 3 rings (SSSR count). The van der Waals surface area contributed by atoms with E-state index in [-0.39, 0.29) is 24.7 Å². The zero-order chi connectivity index (χ0) is 22.6. The number of carbonyl (C=O) groups excluding carboxylic acids is 1. The summed E-state index contributed by atoms with van der Waals surface area (Å²) in [6.07, 6.45) is -3.23. The van der Waals surface area contributed by atoms with E-state index >= 15 is 0 Å². The molecule has 0 radical (unpaired) electrons. The first-order chi connectivity index (χ1) is 14.6. The van der Waals surface area contributed by atoms with Crippen molar-refractivity contribution in [3.63, 3.8) is 0 Å². The number of furan rings is 1. The summed E-state index contributed by atoms with van der Waals surface area (Å²) in [5.74, 6) is 0.155. The quantitative estimate of drug-likeness (QED) is 0.488. The Bertz CT molecular complexity index is 1160. The fourth-order valence-corrected chi connectivity index (χ4v) is 3.80. The van der Waals surface area contributed by atoms with Crippen LogP contribution >= 0.6 is 0 Å². The third-order valence-electron chi connectivity index (χ3n) is 4.36. The Morgan fingerprint density at radius 1 is 1.03 bits per heavy atom. The number of benzene rings is 2. The van der Waals surface area contributed by atoms with Crippen LogP contribution in [0.1, 0.15) is 23.8 Å². The van der Waals surface area contributed by atoms with Gasteiger partial charge in [0.1, 0.15) is 16.4 Å². The standard InChI is InChI=1S/C21H18F3NO5S/c1-15(26)25(14-18-8-5-11-29-18)13-16-6-2-3-10-20(16)30-31(27,28)19-9-4-7-17(12-19)21(22,23)24/h2-12H,13-14H2,1H3. The normalized spacial score (nSPS) is 11.9. The average Bonchev–Trinajstić information content (AvgIpc) is 3.21. The van der Waals surface area contributed by atoms with Crippen LogP contribution in [0.25, 0.3) is 0 Å². The molecule has 1 aromatic heterocycles. The summed E-state index contributed by atoms with van der Waals surface area (Å²) in [6.45, 7) is 1.51. The van der Waals surface area contributed by atoms with Crippen molar-refractivity contribution in [2.24, 2.45) is 0 Å². The third kappa shape index (κ3) is 5.66. The van der Waals surface area contributed by atoms with Gasteiger partial charge in [-0.2, -0.15) is 21.6 Å². The van der Waals surface area contributed by atoms with E-state index in [1.807, 2.05) is 0 Å². The minimum atomic E-state index is -4.70. The number of halogens is 3. The first kappa shape index (κ1) is 22.4. The van der Waals surface area contributed by atoms with Gasteiger partial charge >= 0.3 is 16.3 Å². The molecular weight excluding hydrogens is 435 g/mol. The first-order valence-electron chi connectivity index (χ1n) is 9.04. The van der Waals surface area contributed by atoms with Crippen molar-refractivity contribution in [1.29, 1.82) is 0 Å². The molecule has 6 nitrogen and oxygen atoms in total. The van der Waals surface area contributed by atoms with Gasteiger partial charge in [-0.15, -0.1) is 0 Å². The second-order valence-corrected chi connectivity index (χ2v) is 8.17. The molecule has 164 valence electrons. The predicted molar refractivity (Wildman–Crippen MR) is 104 cm³/mol. The zero-order valence-corrected chi connectivity index (χ0v) is 17.1. The lowest BCUT2D eigenvalue weighted by Gasteiger charge is -2.21. The van der Waals surface area contributed by atoms with Gasteiger partial charge in [-0.3, -0.25) is 4.79 Å². The number of alkyl halides is 3. The number of amides is 1. The molecule has 0 saturated heterocycles. The van der Waals surface area contributed by atoms with Crippen molar-refractivity contribution in [1.82, 2.24) is 4.90 Å². The number of hydrogen-bond donors (Lipinski definition) is 0. The van der Waals surface area contributed by atoms with E-state index in [0.717, 1.165) is 18.2 Å². The third-order valence-corrected chi connectivity index (χ3v) is 5.59. The minimum absolute atomic E-state index is 0.00428. The number of para-hydroxylation sites is 1. The molecule has 0 aliphatic carbocycles. The lowest BCUT2D eigenvalue weighted by molar-refractivity contribution is -0.137. The van der Waals surface area contributed by atoms with Crippen LogP contribution < -0.4 is 4.18 Å². The maximum Gasteiger partial charge on any atom is 0.416 e. The number of carbonyl (C=O) groups is 1. The monoisotopic (exact) mass is 453 g/mol. The van der Waals surface area contributed by atoms with E-state index in [4.69, 9.17) is 8.60 Å². The van der Waals surface area contributed by atoms with Crippen molar-refractivity contribution < 1.29 is 35.0 Å². The van der Waals surface area contributed by atoms with Crippen molar-refractivity contribution in [2.45, 2.75) is 31.1 Å². The molecule has 3 aromatic rings. The Hall–Kier alpha value is -3.27. The molecule has 0 atom stereocenters. The van der Waals surface area contributed by atoms with Crippen LogP contribution in [0.15, 0.2) is 76.2 Å². The molecule has 2 aromatic carbocycles. The van der Waals surface area contributed by atoms with E-state index in [9.17, 15) is 26.4 Å². The lowest BCUT2D eigenvalue weighted by Crippen LogP contribution is -2.28. The Labute approximate surface area is 177 Å².